The lowest BCUT2D eigenvalue weighted by Gasteiger charge is -2.28. The summed E-state index contributed by atoms with van der Waals surface area (Å²) in [7, 11) is 2.16. The van der Waals surface area contributed by atoms with Crippen LogP contribution in [0.1, 0.15) is 39.2 Å². The molecule has 1 aromatic carbocycles. The van der Waals surface area contributed by atoms with Crippen LogP contribution in [-0.4, -0.2) is 19.1 Å². The van der Waals surface area contributed by atoms with Crippen molar-refractivity contribution in [1.82, 2.24) is 0 Å². The molecule has 2 N–H and O–H groups in total. The van der Waals surface area contributed by atoms with Crippen LogP contribution in [0.25, 0.3) is 0 Å². The molecule has 18 heavy (non-hydrogen) atoms. The fourth-order valence-corrected chi connectivity index (χ4v) is 2.89. The van der Waals surface area contributed by atoms with E-state index in [4.69, 9.17) is 5.73 Å². The number of hydrogen-bond donors (Lipinski definition) is 1. The Kier molecular flexibility index (Phi) is 6.16. The molecule has 0 bridgehead atoms. The lowest BCUT2D eigenvalue weighted by atomic mass is 10.1. The van der Waals surface area contributed by atoms with E-state index in [1.165, 1.54) is 24.1 Å². The van der Waals surface area contributed by atoms with Crippen LogP contribution in [0.15, 0.2) is 22.7 Å². The van der Waals surface area contributed by atoms with Gasteiger partial charge in [-0.3, -0.25) is 0 Å². The molecule has 0 aromatic heterocycles. The molecule has 0 aliphatic carbocycles. The van der Waals surface area contributed by atoms with Gasteiger partial charge < -0.3 is 10.6 Å². The molecule has 0 radical (unpaired) electrons. The molecule has 0 aliphatic rings. The first kappa shape index (κ1) is 15.5. The molecule has 2 unspecified atom stereocenters. The van der Waals surface area contributed by atoms with Crippen molar-refractivity contribution in [3.63, 3.8) is 0 Å². The standard InChI is InChI=1S/C15H25BrN2/c1-5-6-12(3)18(4)15-8-7-13(9-11(2)17)10-14(15)16/h7-8,10-12H,5-6,9,17H2,1-4H3. The molecule has 0 spiro atoms. The van der Waals surface area contributed by atoms with Crippen molar-refractivity contribution in [2.45, 2.75) is 52.1 Å². The van der Waals surface area contributed by atoms with E-state index in [1.54, 1.807) is 0 Å². The first-order valence-corrected chi connectivity index (χ1v) is 7.51. The van der Waals surface area contributed by atoms with Gasteiger partial charge >= 0.3 is 0 Å². The summed E-state index contributed by atoms with van der Waals surface area (Å²) in [5, 5.41) is 0. The highest BCUT2D eigenvalue weighted by Crippen LogP contribution is 2.29. The van der Waals surface area contributed by atoms with Crippen molar-refractivity contribution >= 4 is 21.6 Å². The maximum atomic E-state index is 5.83. The number of hydrogen-bond acceptors (Lipinski definition) is 2. The second-order valence-corrected chi connectivity index (χ2v) is 6.07. The highest BCUT2D eigenvalue weighted by atomic mass is 79.9. The van der Waals surface area contributed by atoms with Crippen LogP contribution < -0.4 is 10.6 Å². The van der Waals surface area contributed by atoms with E-state index in [-0.39, 0.29) is 6.04 Å². The molecule has 1 aromatic rings. The quantitative estimate of drug-likeness (QED) is 0.861. The Bertz CT molecular complexity index is 377. The zero-order valence-electron chi connectivity index (χ0n) is 11.9. The van der Waals surface area contributed by atoms with Crippen LogP contribution in [0.4, 0.5) is 5.69 Å². The predicted molar refractivity (Wildman–Crippen MR) is 84.3 cm³/mol. The van der Waals surface area contributed by atoms with Gasteiger partial charge in [0.1, 0.15) is 0 Å². The third-order valence-corrected chi connectivity index (χ3v) is 3.95. The highest BCUT2D eigenvalue weighted by molar-refractivity contribution is 9.10. The maximum absolute atomic E-state index is 5.83. The van der Waals surface area contributed by atoms with Gasteiger partial charge in [0, 0.05) is 23.6 Å². The first-order valence-electron chi connectivity index (χ1n) is 6.72. The van der Waals surface area contributed by atoms with Gasteiger partial charge in [-0.1, -0.05) is 19.4 Å². The molecule has 0 aliphatic heterocycles. The number of nitrogens with two attached hydrogens (primary N) is 1. The summed E-state index contributed by atoms with van der Waals surface area (Å²) in [4.78, 5) is 2.34. The Hall–Kier alpha value is -0.540. The van der Waals surface area contributed by atoms with Crippen molar-refractivity contribution in [3.05, 3.63) is 28.2 Å². The summed E-state index contributed by atoms with van der Waals surface area (Å²) in [5.74, 6) is 0. The molecule has 102 valence electrons. The zero-order valence-corrected chi connectivity index (χ0v) is 13.5. The lowest BCUT2D eigenvalue weighted by molar-refractivity contribution is 0.615. The SMILES string of the molecule is CCCC(C)N(C)c1ccc(CC(C)N)cc1Br. The molecule has 0 amide bonds. The molecule has 3 heteroatoms. The van der Waals surface area contributed by atoms with Crippen LogP contribution in [0.2, 0.25) is 0 Å². The number of rotatable bonds is 6. The van der Waals surface area contributed by atoms with Gasteiger partial charge in [0.2, 0.25) is 0 Å². The van der Waals surface area contributed by atoms with Crippen LogP contribution in [0, 0.1) is 0 Å². The molecule has 0 saturated carbocycles. The van der Waals surface area contributed by atoms with Crippen molar-refractivity contribution in [1.29, 1.82) is 0 Å². The minimum atomic E-state index is 0.208. The second kappa shape index (κ2) is 7.15. The van der Waals surface area contributed by atoms with E-state index >= 15 is 0 Å². The van der Waals surface area contributed by atoms with E-state index in [9.17, 15) is 0 Å². The highest BCUT2D eigenvalue weighted by Gasteiger charge is 2.12. The number of benzene rings is 1. The summed E-state index contributed by atoms with van der Waals surface area (Å²) in [6.45, 7) is 6.54. The molecular weight excluding hydrogens is 288 g/mol. The lowest BCUT2D eigenvalue weighted by Crippen LogP contribution is -2.28. The van der Waals surface area contributed by atoms with E-state index in [1.807, 2.05) is 6.92 Å². The normalized spacial score (nSPS) is 14.3. The third-order valence-electron chi connectivity index (χ3n) is 3.32. The van der Waals surface area contributed by atoms with Crippen LogP contribution >= 0.6 is 15.9 Å². The Morgan fingerprint density at radius 3 is 2.50 bits per heavy atom. The first-order chi connectivity index (χ1) is 8.45. The molecule has 2 atom stereocenters. The minimum absolute atomic E-state index is 0.208. The van der Waals surface area contributed by atoms with Crippen molar-refractivity contribution in [3.8, 4) is 0 Å². The van der Waals surface area contributed by atoms with Gasteiger partial charge in [0.05, 0.1) is 5.69 Å². The number of halogens is 1. The Balaban J connectivity index is 2.84. The second-order valence-electron chi connectivity index (χ2n) is 5.22. The summed E-state index contributed by atoms with van der Waals surface area (Å²) >= 11 is 3.67. The van der Waals surface area contributed by atoms with Gasteiger partial charge in [0.15, 0.2) is 0 Å². The molecule has 0 heterocycles. The molecule has 0 fully saturated rings. The third kappa shape index (κ3) is 4.29. The minimum Gasteiger partial charge on any atom is -0.371 e. The molecule has 1 rings (SSSR count). The van der Waals surface area contributed by atoms with Gasteiger partial charge in [-0.25, -0.2) is 0 Å². The average Bonchev–Trinajstić information content (AvgIpc) is 2.28. The Morgan fingerprint density at radius 2 is 2.00 bits per heavy atom. The fourth-order valence-electron chi connectivity index (χ4n) is 2.18. The summed E-state index contributed by atoms with van der Waals surface area (Å²) in [5.41, 5.74) is 8.38. The predicted octanol–water partition coefficient (Wildman–Crippen LogP) is 3.96. The Labute approximate surface area is 120 Å². The fraction of sp³-hybridized carbons (Fsp3) is 0.600. The summed E-state index contributed by atoms with van der Waals surface area (Å²) < 4.78 is 1.16. The van der Waals surface area contributed by atoms with E-state index < -0.39 is 0 Å². The molecule has 2 nitrogen and oxygen atoms in total. The number of nitrogens with zero attached hydrogens (tertiary/aromatic N) is 1. The van der Waals surface area contributed by atoms with Crippen molar-refractivity contribution < 1.29 is 0 Å². The summed E-state index contributed by atoms with van der Waals surface area (Å²) in [6.07, 6.45) is 3.35. The van der Waals surface area contributed by atoms with Crippen molar-refractivity contribution in [2.24, 2.45) is 5.73 Å². The van der Waals surface area contributed by atoms with Gasteiger partial charge in [0.25, 0.3) is 0 Å². The van der Waals surface area contributed by atoms with E-state index in [0.717, 1.165) is 10.9 Å². The largest absolute Gasteiger partial charge is 0.371 e. The smallest absolute Gasteiger partial charge is 0.0510 e. The van der Waals surface area contributed by atoms with Crippen LogP contribution in [0.5, 0.6) is 0 Å². The Morgan fingerprint density at radius 1 is 1.33 bits per heavy atom. The van der Waals surface area contributed by atoms with E-state index in [0.29, 0.717) is 6.04 Å². The van der Waals surface area contributed by atoms with Gasteiger partial charge in [-0.15, -0.1) is 0 Å². The zero-order chi connectivity index (χ0) is 13.7. The van der Waals surface area contributed by atoms with Gasteiger partial charge in [-0.2, -0.15) is 0 Å². The molecular formula is C15H25BrN2. The van der Waals surface area contributed by atoms with E-state index in [2.05, 4.69) is 59.9 Å². The van der Waals surface area contributed by atoms with Crippen LogP contribution in [0.3, 0.4) is 0 Å². The van der Waals surface area contributed by atoms with Crippen LogP contribution in [-0.2, 0) is 6.42 Å². The maximum Gasteiger partial charge on any atom is 0.0510 e. The summed E-state index contributed by atoms with van der Waals surface area (Å²) in [6, 6.07) is 7.32. The topological polar surface area (TPSA) is 29.3 Å². The van der Waals surface area contributed by atoms with Crippen molar-refractivity contribution in [2.75, 3.05) is 11.9 Å². The monoisotopic (exact) mass is 312 g/mol. The molecule has 0 saturated heterocycles. The average molecular weight is 313 g/mol. The number of anilines is 1. The van der Waals surface area contributed by atoms with Gasteiger partial charge in [-0.05, 0) is 60.3 Å².